The monoisotopic (exact) mass is 414 g/mol. The van der Waals surface area contributed by atoms with Crippen LogP contribution in [0.4, 0.5) is 5.69 Å². The van der Waals surface area contributed by atoms with Gasteiger partial charge in [-0.2, -0.15) is 0 Å². The van der Waals surface area contributed by atoms with Crippen molar-refractivity contribution in [1.82, 2.24) is 4.57 Å². The Morgan fingerprint density at radius 3 is 2.33 bits per heavy atom. The number of hydrogen-bond acceptors (Lipinski definition) is 3. The molecule has 0 atom stereocenters. The smallest absolute Gasteiger partial charge is 0.506 e. The molecule has 0 aliphatic rings. The van der Waals surface area contributed by atoms with Crippen LogP contribution in [0.2, 0.25) is 0 Å². The number of rotatable bonds is 4. The summed E-state index contributed by atoms with van der Waals surface area (Å²) in [5.41, 5.74) is 1.51. The van der Waals surface area contributed by atoms with Crippen LogP contribution in [0.25, 0.3) is 10.9 Å². The van der Waals surface area contributed by atoms with Gasteiger partial charge in [0.2, 0.25) is 0 Å². The Bertz CT molecular complexity index is 1030. The molecule has 1 N–H and O–H groups in total. The number of fused-ring (bicyclic) bond motifs is 1. The Hall–Kier alpha value is -2.46. The van der Waals surface area contributed by atoms with Crippen molar-refractivity contribution >= 4 is 22.5 Å². The molecular formula is C21H22N2O3Zn+2. The fraction of sp³-hybridized carbons (Fsp3) is 0.238. The van der Waals surface area contributed by atoms with Crippen molar-refractivity contribution in [2.45, 2.75) is 20.3 Å². The SMILES string of the molecule is CCc1cccc2c1c(O)c(C(=O)N(CC)c1ccccc1)c(=O)n2C.[Zn+2]. The number of aryl methyl sites for hydroxylation is 2. The molecule has 27 heavy (non-hydrogen) atoms. The van der Waals surface area contributed by atoms with E-state index in [9.17, 15) is 14.7 Å². The zero-order chi connectivity index (χ0) is 18.8. The summed E-state index contributed by atoms with van der Waals surface area (Å²) in [4.78, 5) is 27.5. The minimum Gasteiger partial charge on any atom is -0.506 e. The van der Waals surface area contributed by atoms with Crippen LogP contribution in [0.3, 0.4) is 0 Å². The molecular weight excluding hydrogens is 394 g/mol. The van der Waals surface area contributed by atoms with Crippen LogP contribution in [0.5, 0.6) is 5.75 Å². The molecule has 0 saturated carbocycles. The first-order chi connectivity index (χ1) is 12.5. The number of para-hydroxylation sites is 1. The Kier molecular flexibility index (Phi) is 6.56. The number of anilines is 1. The largest absolute Gasteiger partial charge is 2.00 e. The molecule has 0 radical (unpaired) electrons. The van der Waals surface area contributed by atoms with Crippen molar-refractivity contribution in [2.24, 2.45) is 7.05 Å². The number of benzene rings is 2. The van der Waals surface area contributed by atoms with Gasteiger partial charge in [-0.05, 0) is 37.1 Å². The van der Waals surface area contributed by atoms with Crippen LogP contribution in [0.1, 0.15) is 29.8 Å². The van der Waals surface area contributed by atoms with Crippen LogP contribution in [0, 0.1) is 0 Å². The molecule has 1 heterocycles. The van der Waals surface area contributed by atoms with Gasteiger partial charge in [-0.3, -0.25) is 9.59 Å². The minimum atomic E-state index is -0.498. The van der Waals surface area contributed by atoms with E-state index in [4.69, 9.17) is 0 Å². The van der Waals surface area contributed by atoms with Gasteiger partial charge in [0.25, 0.3) is 11.5 Å². The van der Waals surface area contributed by atoms with Crippen LogP contribution < -0.4 is 10.5 Å². The Morgan fingerprint density at radius 2 is 1.74 bits per heavy atom. The Balaban J connectivity index is 0.00000261. The molecule has 0 aliphatic heterocycles. The first kappa shape index (κ1) is 20.9. The van der Waals surface area contributed by atoms with Crippen molar-refractivity contribution in [3.8, 4) is 5.75 Å². The molecule has 134 valence electrons. The average molecular weight is 416 g/mol. The van der Waals surface area contributed by atoms with Crippen LogP contribution >= 0.6 is 0 Å². The van der Waals surface area contributed by atoms with E-state index < -0.39 is 11.5 Å². The summed E-state index contributed by atoms with van der Waals surface area (Å²) >= 11 is 0. The van der Waals surface area contributed by atoms with Gasteiger partial charge in [0.15, 0.2) is 0 Å². The Labute approximate surface area is 171 Å². The first-order valence-electron chi connectivity index (χ1n) is 8.71. The number of aromatic nitrogens is 1. The van der Waals surface area contributed by atoms with Gasteiger partial charge in [0.05, 0.1) is 5.52 Å². The van der Waals surface area contributed by atoms with Crippen LogP contribution in [-0.2, 0) is 32.9 Å². The average Bonchev–Trinajstić information content (AvgIpc) is 2.67. The number of amides is 1. The summed E-state index contributed by atoms with van der Waals surface area (Å²) in [5.74, 6) is -0.732. The molecule has 2 aromatic carbocycles. The number of pyridine rings is 1. The van der Waals surface area contributed by atoms with Gasteiger partial charge < -0.3 is 14.6 Å². The van der Waals surface area contributed by atoms with Crippen molar-refractivity contribution in [2.75, 3.05) is 11.4 Å². The van der Waals surface area contributed by atoms with E-state index in [0.717, 1.165) is 5.56 Å². The number of hydrogen-bond donors (Lipinski definition) is 1. The van der Waals surface area contributed by atoms with Gasteiger partial charge in [-0.15, -0.1) is 0 Å². The van der Waals surface area contributed by atoms with Gasteiger partial charge in [0, 0.05) is 24.7 Å². The third-order valence-corrected chi connectivity index (χ3v) is 4.71. The van der Waals surface area contributed by atoms with Crippen molar-refractivity contribution in [3.63, 3.8) is 0 Å². The van der Waals surface area contributed by atoms with Gasteiger partial charge in [-0.25, -0.2) is 0 Å². The van der Waals surface area contributed by atoms with E-state index in [-0.39, 0.29) is 30.8 Å². The molecule has 0 aliphatic carbocycles. The molecule has 0 fully saturated rings. The third kappa shape index (κ3) is 3.54. The maximum absolute atomic E-state index is 13.2. The van der Waals surface area contributed by atoms with Crippen molar-refractivity contribution in [1.29, 1.82) is 0 Å². The molecule has 0 spiro atoms. The second kappa shape index (κ2) is 8.49. The van der Waals surface area contributed by atoms with Gasteiger partial charge >= 0.3 is 19.5 Å². The zero-order valence-electron chi connectivity index (χ0n) is 15.9. The number of aromatic hydroxyl groups is 1. The van der Waals surface area contributed by atoms with Crippen molar-refractivity contribution in [3.05, 3.63) is 70.0 Å². The molecule has 3 rings (SSSR count). The van der Waals surface area contributed by atoms with Crippen LogP contribution in [-0.4, -0.2) is 22.1 Å². The van der Waals surface area contributed by atoms with Crippen LogP contribution in [0.15, 0.2) is 53.3 Å². The van der Waals surface area contributed by atoms with E-state index in [1.54, 1.807) is 25.2 Å². The van der Waals surface area contributed by atoms with Gasteiger partial charge in [-0.1, -0.05) is 37.3 Å². The number of carbonyl (C=O) groups is 1. The quantitative estimate of drug-likeness (QED) is 0.664. The van der Waals surface area contributed by atoms with E-state index >= 15 is 0 Å². The second-order valence-electron chi connectivity index (χ2n) is 6.14. The first-order valence-corrected chi connectivity index (χ1v) is 8.71. The zero-order valence-corrected chi connectivity index (χ0v) is 18.9. The predicted molar refractivity (Wildman–Crippen MR) is 104 cm³/mol. The number of carbonyl (C=O) groups excluding carboxylic acids is 1. The topological polar surface area (TPSA) is 62.5 Å². The summed E-state index contributed by atoms with van der Waals surface area (Å²) in [6, 6.07) is 14.7. The minimum absolute atomic E-state index is 0. The molecule has 0 bridgehead atoms. The van der Waals surface area contributed by atoms with Gasteiger partial charge in [0.1, 0.15) is 11.3 Å². The Morgan fingerprint density at radius 1 is 1.07 bits per heavy atom. The summed E-state index contributed by atoms with van der Waals surface area (Å²) < 4.78 is 1.43. The molecule has 1 amide bonds. The van der Waals surface area contributed by atoms with E-state index in [1.165, 1.54) is 9.47 Å². The van der Waals surface area contributed by atoms with Crippen molar-refractivity contribution < 1.29 is 29.4 Å². The fourth-order valence-electron chi connectivity index (χ4n) is 3.32. The normalized spacial score (nSPS) is 10.5. The predicted octanol–water partition coefficient (Wildman–Crippen LogP) is 3.47. The molecule has 5 nitrogen and oxygen atoms in total. The standard InChI is InChI=1S/C21H22N2O3.Zn/c1-4-14-10-9-13-16-17(14)19(24)18(20(25)22(16)3)21(26)23(5-2)15-11-7-6-8-12-15;/h6-13,24H,4-5H2,1-3H3;/q;+2. The molecule has 3 aromatic rings. The molecule has 0 unspecified atom stereocenters. The summed E-state index contributed by atoms with van der Waals surface area (Å²) in [5, 5.41) is 11.4. The summed E-state index contributed by atoms with van der Waals surface area (Å²) in [6.45, 7) is 4.20. The number of nitrogens with zero attached hydrogens (tertiary/aromatic N) is 2. The van der Waals surface area contributed by atoms with E-state index in [1.807, 2.05) is 44.2 Å². The maximum atomic E-state index is 13.2. The third-order valence-electron chi connectivity index (χ3n) is 4.71. The summed E-state index contributed by atoms with van der Waals surface area (Å²) in [7, 11) is 1.62. The summed E-state index contributed by atoms with van der Waals surface area (Å²) in [6.07, 6.45) is 0.687. The molecule has 6 heteroatoms. The molecule has 1 aromatic heterocycles. The fourth-order valence-corrected chi connectivity index (χ4v) is 3.32. The second-order valence-corrected chi connectivity index (χ2v) is 6.14. The maximum Gasteiger partial charge on any atom is 2.00 e. The van der Waals surface area contributed by atoms with E-state index in [0.29, 0.717) is 29.6 Å². The van der Waals surface area contributed by atoms with E-state index in [2.05, 4.69) is 0 Å². The molecule has 0 saturated heterocycles.